The SMILES string of the molecule is COc1ccc(NC(=O)COC(=O)CN(c2ccccc2C)S(C)(=O)=O)cc1. The number of ether oxygens (including phenoxy) is 2. The van der Waals surface area contributed by atoms with Crippen molar-refractivity contribution >= 4 is 33.3 Å². The predicted molar refractivity (Wildman–Crippen MR) is 106 cm³/mol. The van der Waals surface area contributed by atoms with Crippen LogP contribution in [0.4, 0.5) is 11.4 Å². The molecule has 8 nitrogen and oxygen atoms in total. The Labute approximate surface area is 164 Å². The van der Waals surface area contributed by atoms with E-state index in [9.17, 15) is 18.0 Å². The molecule has 0 heterocycles. The van der Waals surface area contributed by atoms with Crippen LogP contribution in [0.5, 0.6) is 5.75 Å². The zero-order valence-electron chi connectivity index (χ0n) is 15.8. The molecule has 0 radical (unpaired) electrons. The van der Waals surface area contributed by atoms with Gasteiger partial charge in [-0.1, -0.05) is 18.2 Å². The molecule has 0 bridgehead atoms. The second-order valence-electron chi connectivity index (χ2n) is 5.99. The van der Waals surface area contributed by atoms with Crippen LogP contribution in [-0.2, 0) is 24.3 Å². The number of anilines is 2. The van der Waals surface area contributed by atoms with Gasteiger partial charge in [0.25, 0.3) is 5.91 Å². The summed E-state index contributed by atoms with van der Waals surface area (Å²) in [6.07, 6.45) is 1.00. The number of amides is 1. The van der Waals surface area contributed by atoms with Gasteiger partial charge in [0.1, 0.15) is 12.3 Å². The number of aryl methyl sites for hydroxylation is 1. The summed E-state index contributed by atoms with van der Waals surface area (Å²) in [7, 11) is -2.18. The number of carbonyl (C=O) groups excluding carboxylic acids is 2. The molecule has 1 amide bonds. The van der Waals surface area contributed by atoms with Crippen LogP contribution < -0.4 is 14.4 Å². The summed E-state index contributed by atoms with van der Waals surface area (Å²) in [6, 6.07) is 13.4. The minimum absolute atomic E-state index is 0.379. The predicted octanol–water partition coefficient (Wildman–Crippen LogP) is 1.95. The molecule has 2 rings (SSSR count). The zero-order chi connectivity index (χ0) is 20.7. The smallest absolute Gasteiger partial charge is 0.327 e. The molecule has 0 aliphatic rings. The maximum absolute atomic E-state index is 12.1. The van der Waals surface area contributed by atoms with Gasteiger partial charge in [0.05, 0.1) is 19.1 Å². The van der Waals surface area contributed by atoms with E-state index in [1.165, 1.54) is 7.11 Å². The van der Waals surface area contributed by atoms with Gasteiger partial charge in [-0.3, -0.25) is 13.9 Å². The van der Waals surface area contributed by atoms with E-state index in [1.54, 1.807) is 55.5 Å². The second kappa shape index (κ2) is 9.23. The van der Waals surface area contributed by atoms with Crippen molar-refractivity contribution in [2.75, 3.05) is 36.1 Å². The lowest BCUT2D eigenvalue weighted by Gasteiger charge is -2.23. The normalized spacial score (nSPS) is 10.8. The van der Waals surface area contributed by atoms with Crippen LogP contribution in [0.1, 0.15) is 5.56 Å². The van der Waals surface area contributed by atoms with Crippen LogP contribution >= 0.6 is 0 Å². The molecule has 0 atom stereocenters. The molecule has 0 fully saturated rings. The number of nitrogens with one attached hydrogen (secondary N) is 1. The first kappa shape index (κ1) is 21.2. The molecule has 0 unspecified atom stereocenters. The van der Waals surface area contributed by atoms with E-state index in [0.717, 1.165) is 10.6 Å². The number of esters is 1. The minimum atomic E-state index is -3.71. The van der Waals surface area contributed by atoms with Crippen LogP contribution in [0.15, 0.2) is 48.5 Å². The number of rotatable bonds is 8. The van der Waals surface area contributed by atoms with E-state index in [2.05, 4.69) is 5.32 Å². The van der Waals surface area contributed by atoms with Crippen molar-refractivity contribution < 1.29 is 27.5 Å². The molecule has 2 aromatic rings. The summed E-state index contributed by atoms with van der Waals surface area (Å²) in [5.41, 5.74) is 1.59. The van der Waals surface area contributed by atoms with Gasteiger partial charge in [-0.15, -0.1) is 0 Å². The molecule has 150 valence electrons. The van der Waals surface area contributed by atoms with Crippen molar-refractivity contribution in [2.24, 2.45) is 0 Å². The number of benzene rings is 2. The number of hydrogen-bond acceptors (Lipinski definition) is 6. The summed E-state index contributed by atoms with van der Waals surface area (Å²) in [5, 5.41) is 2.57. The van der Waals surface area contributed by atoms with Gasteiger partial charge in [0.15, 0.2) is 6.61 Å². The minimum Gasteiger partial charge on any atom is -0.497 e. The highest BCUT2D eigenvalue weighted by molar-refractivity contribution is 7.92. The molecule has 0 aliphatic carbocycles. The van der Waals surface area contributed by atoms with Crippen LogP contribution in [0.2, 0.25) is 0 Å². The first-order valence-corrected chi connectivity index (χ1v) is 10.2. The van der Waals surface area contributed by atoms with Crippen molar-refractivity contribution in [1.29, 1.82) is 0 Å². The molecule has 0 spiro atoms. The van der Waals surface area contributed by atoms with E-state index in [4.69, 9.17) is 9.47 Å². The number of nitrogens with zero attached hydrogens (tertiary/aromatic N) is 1. The summed E-state index contributed by atoms with van der Waals surface area (Å²) < 4.78 is 35.1. The van der Waals surface area contributed by atoms with Crippen LogP contribution in [0.3, 0.4) is 0 Å². The Balaban J connectivity index is 1.95. The van der Waals surface area contributed by atoms with E-state index in [0.29, 0.717) is 22.7 Å². The third kappa shape index (κ3) is 5.98. The van der Waals surface area contributed by atoms with Gasteiger partial charge in [-0.05, 0) is 42.8 Å². The topological polar surface area (TPSA) is 102 Å². The lowest BCUT2D eigenvalue weighted by atomic mass is 10.2. The van der Waals surface area contributed by atoms with Gasteiger partial charge in [-0.25, -0.2) is 8.42 Å². The second-order valence-corrected chi connectivity index (χ2v) is 7.90. The van der Waals surface area contributed by atoms with Crippen LogP contribution in [-0.4, -0.2) is 46.8 Å². The van der Waals surface area contributed by atoms with Crippen molar-refractivity contribution in [3.8, 4) is 5.75 Å². The van der Waals surface area contributed by atoms with E-state index < -0.39 is 35.1 Å². The first-order valence-electron chi connectivity index (χ1n) is 8.33. The maximum atomic E-state index is 12.1. The lowest BCUT2D eigenvalue weighted by Crippen LogP contribution is -2.37. The molecular weight excluding hydrogens is 384 g/mol. The average molecular weight is 406 g/mol. The Kier molecular flexibility index (Phi) is 7.00. The van der Waals surface area contributed by atoms with Gasteiger partial charge in [-0.2, -0.15) is 0 Å². The average Bonchev–Trinajstić information content (AvgIpc) is 2.65. The van der Waals surface area contributed by atoms with E-state index in [-0.39, 0.29) is 0 Å². The Bertz CT molecular complexity index is 941. The fraction of sp³-hybridized carbons (Fsp3) is 0.263. The Morgan fingerprint density at radius 3 is 2.29 bits per heavy atom. The molecule has 0 saturated carbocycles. The summed E-state index contributed by atoms with van der Waals surface area (Å²) in [5.74, 6) is -0.736. The molecule has 9 heteroatoms. The van der Waals surface area contributed by atoms with Gasteiger partial charge >= 0.3 is 5.97 Å². The van der Waals surface area contributed by atoms with Crippen molar-refractivity contribution in [3.05, 3.63) is 54.1 Å². The summed E-state index contributed by atoms with van der Waals surface area (Å²) in [4.78, 5) is 24.0. The Morgan fingerprint density at radius 1 is 1.07 bits per heavy atom. The monoisotopic (exact) mass is 406 g/mol. The number of sulfonamides is 1. The number of hydrogen-bond donors (Lipinski definition) is 1. The van der Waals surface area contributed by atoms with Crippen molar-refractivity contribution in [1.82, 2.24) is 0 Å². The summed E-state index contributed by atoms with van der Waals surface area (Å²) in [6.45, 7) is 0.677. The standard InChI is InChI=1S/C19H22N2O6S/c1-14-6-4-5-7-17(14)21(28(3,24)25)12-19(23)27-13-18(22)20-15-8-10-16(26-2)11-9-15/h4-11H,12-13H2,1-3H3,(H,20,22). The number of carbonyl (C=O) groups is 2. The van der Waals surface area contributed by atoms with Crippen molar-refractivity contribution in [3.63, 3.8) is 0 Å². The highest BCUT2D eigenvalue weighted by Gasteiger charge is 2.23. The highest BCUT2D eigenvalue weighted by atomic mass is 32.2. The van der Waals surface area contributed by atoms with Crippen LogP contribution in [0.25, 0.3) is 0 Å². The largest absolute Gasteiger partial charge is 0.497 e. The quantitative estimate of drug-likeness (QED) is 0.673. The number of para-hydroxylation sites is 1. The summed E-state index contributed by atoms with van der Waals surface area (Å²) >= 11 is 0. The highest BCUT2D eigenvalue weighted by Crippen LogP contribution is 2.21. The van der Waals surface area contributed by atoms with Gasteiger partial charge in [0.2, 0.25) is 10.0 Å². The Hall–Kier alpha value is -3.07. The fourth-order valence-electron chi connectivity index (χ4n) is 2.40. The molecule has 0 aliphatic heterocycles. The molecular formula is C19H22N2O6S. The third-order valence-corrected chi connectivity index (χ3v) is 4.92. The molecule has 0 saturated heterocycles. The fourth-order valence-corrected chi connectivity index (χ4v) is 3.31. The van der Waals surface area contributed by atoms with Gasteiger partial charge in [0, 0.05) is 5.69 Å². The maximum Gasteiger partial charge on any atom is 0.327 e. The molecule has 2 aromatic carbocycles. The van der Waals surface area contributed by atoms with Crippen molar-refractivity contribution in [2.45, 2.75) is 6.92 Å². The number of methoxy groups -OCH3 is 1. The lowest BCUT2D eigenvalue weighted by molar-refractivity contribution is -0.145. The van der Waals surface area contributed by atoms with Crippen LogP contribution in [0, 0.1) is 6.92 Å². The van der Waals surface area contributed by atoms with E-state index in [1.807, 2.05) is 0 Å². The first-order chi connectivity index (χ1) is 13.2. The zero-order valence-corrected chi connectivity index (χ0v) is 16.7. The molecule has 28 heavy (non-hydrogen) atoms. The molecule has 1 N–H and O–H groups in total. The van der Waals surface area contributed by atoms with Gasteiger partial charge < -0.3 is 14.8 Å². The van der Waals surface area contributed by atoms with E-state index >= 15 is 0 Å². The Morgan fingerprint density at radius 2 is 1.71 bits per heavy atom. The molecule has 0 aromatic heterocycles. The third-order valence-electron chi connectivity index (χ3n) is 3.80.